The van der Waals surface area contributed by atoms with Crippen LogP contribution in [0.5, 0.6) is 0 Å². The fraction of sp³-hybridized carbons (Fsp3) is 0.182. The van der Waals surface area contributed by atoms with Gasteiger partial charge in [-0.1, -0.05) is 24.8 Å². The molecule has 0 aliphatic heterocycles. The van der Waals surface area contributed by atoms with Crippen molar-refractivity contribution in [2.45, 2.75) is 13.8 Å². The maximum Gasteiger partial charge on any atom is 0.152 e. The molecule has 0 fully saturated rings. The fourth-order valence-electron chi connectivity index (χ4n) is 0.496. The Morgan fingerprint density at radius 3 is 2.00 bits per heavy atom. The van der Waals surface area contributed by atoms with Gasteiger partial charge in [0.1, 0.15) is 0 Å². The molecule has 0 atom stereocenters. The molecule has 0 rings (SSSR count). The van der Waals surface area contributed by atoms with Crippen molar-refractivity contribution in [3.63, 3.8) is 0 Å². The summed E-state index contributed by atoms with van der Waals surface area (Å²) in [6.45, 7) is 13.0. The van der Waals surface area contributed by atoms with Crippen LogP contribution < -0.4 is 0 Å². The Morgan fingerprint density at radius 1 is 1.25 bits per heavy atom. The minimum atomic E-state index is 0.0567. The van der Waals surface area contributed by atoms with E-state index in [0.717, 1.165) is 5.57 Å². The first kappa shape index (κ1) is 13.2. The lowest BCUT2D eigenvalue weighted by Crippen LogP contribution is -1.80. The summed E-state index contributed by atoms with van der Waals surface area (Å²) in [5.74, 6) is 0.0567. The Bertz CT molecular complexity index is 197. The lowest BCUT2D eigenvalue weighted by atomic mass is 10.2. The van der Waals surface area contributed by atoms with Gasteiger partial charge in [0.05, 0.1) is 0 Å². The highest BCUT2D eigenvalue weighted by Crippen LogP contribution is 1.96. The van der Waals surface area contributed by atoms with E-state index >= 15 is 0 Å². The standard InChI is InChI=1S/C9H12O.C2H4/c1-4-9(5-2)7-6-8(3)10;1-2/h4-7H,1H2,2-3H3;1-2H2/b7-6+,9-5+;. The molecule has 0 unspecified atom stereocenters. The first-order valence-corrected chi connectivity index (χ1v) is 3.68. The van der Waals surface area contributed by atoms with Crippen LogP contribution in [-0.4, -0.2) is 5.78 Å². The Hall–Kier alpha value is -1.37. The summed E-state index contributed by atoms with van der Waals surface area (Å²) in [4.78, 5) is 10.4. The molecular weight excluding hydrogens is 148 g/mol. The smallest absolute Gasteiger partial charge is 0.152 e. The van der Waals surface area contributed by atoms with Crippen LogP contribution in [0, 0.1) is 0 Å². The molecule has 0 aromatic carbocycles. The average Bonchev–Trinajstić information content (AvgIpc) is 2.09. The van der Waals surface area contributed by atoms with Crippen LogP contribution >= 0.6 is 0 Å². The second kappa shape index (κ2) is 9.63. The van der Waals surface area contributed by atoms with Gasteiger partial charge in [0, 0.05) is 0 Å². The zero-order valence-electron chi connectivity index (χ0n) is 7.84. The van der Waals surface area contributed by atoms with Crippen LogP contribution in [0.2, 0.25) is 0 Å². The summed E-state index contributed by atoms with van der Waals surface area (Å²) in [6.07, 6.45) is 6.87. The van der Waals surface area contributed by atoms with E-state index in [4.69, 9.17) is 0 Å². The molecule has 0 aromatic heterocycles. The number of carbonyl (C=O) groups is 1. The summed E-state index contributed by atoms with van der Waals surface area (Å²) >= 11 is 0. The van der Waals surface area contributed by atoms with Gasteiger partial charge in [-0.2, -0.15) is 0 Å². The first-order valence-electron chi connectivity index (χ1n) is 3.68. The summed E-state index contributed by atoms with van der Waals surface area (Å²) < 4.78 is 0. The van der Waals surface area contributed by atoms with Crippen molar-refractivity contribution in [2.24, 2.45) is 0 Å². The molecule has 66 valence electrons. The van der Waals surface area contributed by atoms with Crippen LogP contribution in [0.25, 0.3) is 0 Å². The van der Waals surface area contributed by atoms with Crippen LogP contribution in [-0.2, 0) is 4.79 Å². The quantitative estimate of drug-likeness (QED) is 0.356. The van der Waals surface area contributed by atoms with Crippen LogP contribution in [0.15, 0.2) is 49.6 Å². The molecule has 0 aromatic rings. The van der Waals surface area contributed by atoms with Gasteiger partial charge < -0.3 is 0 Å². The highest BCUT2D eigenvalue weighted by atomic mass is 16.1. The number of rotatable bonds is 3. The lowest BCUT2D eigenvalue weighted by molar-refractivity contribution is -0.112. The molecule has 0 aliphatic carbocycles. The van der Waals surface area contributed by atoms with Crippen LogP contribution in [0.4, 0.5) is 0 Å². The van der Waals surface area contributed by atoms with Gasteiger partial charge in [-0.3, -0.25) is 4.79 Å². The largest absolute Gasteiger partial charge is 0.295 e. The van der Waals surface area contributed by atoms with Gasteiger partial charge in [0.2, 0.25) is 0 Å². The Morgan fingerprint density at radius 2 is 1.75 bits per heavy atom. The molecule has 0 aliphatic rings. The van der Waals surface area contributed by atoms with Gasteiger partial charge in [-0.15, -0.1) is 13.2 Å². The van der Waals surface area contributed by atoms with Crippen molar-refractivity contribution in [1.29, 1.82) is 0 Å². The van der Waals surface area contributed by atoms with E-state index in [-0.39, 0.29) is 5.78 Å². The lowest BCUT2D eigenvalue weighted by Gasteiger charge is -1.86. The van der Waals surface area contributed by atoms with Gasteiger partial charge in [-0.25, -0.2) is 0 Å². The van der Waals surface area contributed by atoms with E-state index in [2.05, 4.69) is 19.7 Å². The molecule has 0 radical (unpaired) electrons. The van der Waals surface area contributed by atoms with E-state index in [1.54, 1.807) is 12.2 Å². The normalized spacial score (nSPS) is 10.3. The van der Waals surface area contributed by atoms with Gasteiger partial charge >= 0.3 is 0 Å². The Labute approximate surface area is 74.8 Å². The summed E-state index contributed by atoms with van der Waals surface area (Å²) in [6, 6.07) is 0. The highest BCUT2D eigenvalue weighted by Gasteiger charge is 1.82. The molecule has 0 N–H and O–H groups in total. The zero-order valence-corrected chi connectivity index (χ0v) is 7.84. The van der Waals surface area contributed by atoms with Crippen molar-refractivity contribution < 1.29 is 4.79 Å². The summed E-state index contributed by atoms with van der Waals surface area (Å²) in [7, 11) is 0. The number of carbonyl (C=O) groups excluding carboxylic acids is 1. The van der Waals surface area contributed by atoms with E-state index in [9.17, 15) is 4.79 Å². The van der Waals surface area contributed by atoms with Crippen molar-refractivity contribution >= 4 is 5.78 Å². The Balaban J connectivity index is 0. The van der Waals surface area contributed by atoms with Gasteiger partial charge in [-0.05, 0) is 25.5 Å². The molecule has 0 spiro atoms. The molecule has 0 heterocycles. The molecule has 1 nitrogen and oxygen atoms in total. The molecule has 0 amide bonds. The maximum absolute atomic E-state index is 10.4. The molecule has 0 bridgehead atoms. The van der Waals surface area contributed by atoms with Crippen molar-refractivity contribution in [1.82, 2.24) is 0 Å². The Kier molecular flexibility index (Phi) is 10.6. The first-order chi connectivity index (χ1) is 5.70. The summed E-state index contributed by atoms with van der Waals surface area (Å²) in [5.41, 5.74) is 0.968. The number of ketones is 1. The minimum Gasteiger partial charge on any atom is -0.295 e. The van der Waals surface area contributed by atoms with Crippen molar-refractivity contribution in [2.75, 3.05) is 0 Å². The maximum atomic E-state index is 10.4. The van der Waals surface area contributed by atoms with Crippen LogP contribution in [0.3, 0.4) is 0 Å². The SMILES string of the molecule is C=C.C=CC(/C=C/C(C)=O)=C\C. The zero-order chi connectivity index (χ0) is 9.98. The minimum absolute atomic E-state index is 0.0567. The molecule has 0 saturated carbocycles. The van der Waals surface area contributed by atoms with E-state index in [0.29, 0.717) is 0 Å². The van der Waals surface area contributed by atoms with Crippen LogP contribution in [0.1, 0.15) is 13.8 Å². The third-order valence-corrected chi connectivity index (χ3v) is 1.08. The second-order valence-electron chi connectivity index (χ2n) is 1.94. The van der Waals surface area contributed by atoms with Crippen molar-refractivity contribution in [3.8, 4) is 0 Å². The molecule has 0 saturated heterocycles. The third-order valence-electron chi connectivity index (χ3n) is 1.08. The van der Waals surface area contributed by atoms with E-state index in [1.165, 1.54) is 13.0 Å². The predicted octanol–water partition coefficient (Wildman–Crippen LogP) is 3.07. The highest BCUT2D eigenvalue weighted by molar-refractivity contribution is 5.87. The molecule has 1 heteroatoms. The van der Waals surface area contributed by atoms with Crippen molar-refractivity contribution in [3.05, 3.63) is 49.6 Å². The summed E-state index contributed by atoms with van der Waals surface area (Å²) in [5, 5.41) is 0. The van der Waals surface area contributed by atoms with Gasteiger partial charge in [0.25, 0.3) is 0 Å². The topological polar surface area (TPSA) is 17.1 Å². The average molecular weight is 164 g/mol. The second-order valence-corrected chi connectivity index (χ2v) is 1.94. The number of hydrogen-bond donors (Lipinski definition) is 0. The molecule has 12 heavy (non-hydrogen) atoms. The predicted molar refractivity (Wildman–Crippen MR) is 55.0 cm³/mol. The van der Waals surface area contributed by atoms with E-state index < -0.39 is 0 Å². The number of hydrogen-bond acceptors (Lipinski definition) is 1. The van der Waals surface area contributed by atoms with Gasteiger partial charge in [0.15, 0.2) is 5.78 Å². The molecular formula is C11H16O. The fourth-order valence-corrected chi connectivity index (χ4v) is 0.496. The third kappa shape index (κ3) is 8.63. The number of allylic oxidation sites excluding steroid dienone is 5. The monoisotopic (exact) mass is 164 g/mol. The van der Waals surface area contributed by atoms with E-state index in [1.807, 2.05) is 13.0 Å².